The van der Waals surface area contributed by atoms with Crippen LogP contribution in [0.2, 0.25) is 0 Å². The molecule has 0 bridgehead atoms. The van der Waals surface area contributed by atoms with Crippen LogP contribution in [0.5, 0.6) is 5.75 Å². The minimum Gasteiger partial charge on any atom is -0.496 e. The zero-order chi connectivity index (χ0) is 12.7. The van der Waals surface area contributed by atoms with Gasteiger partial charge in [0.15, 0.2) is 6.19 Å². The lowest BCUT2D eigenvalue weighted by Gasteiger charge is -2.13. The van der Waals surface area contributed by atoms with Gasteiger partial charge in [-0.15, -0.1) is 0 Å². The van der Waals surface area contributed by atoms with Crippen molar-refractivity contribution < 1.29 is 4.74 Å². The van der Waals surface area contributed by atoms with E-state index < -0.39 is 0 Å². The topological polar surface area (TPSA) is 57.4 Å². The highest BCUT2D eigenvalue weighted by Gasteiger charge is 2.10. The van der Waals surface area contributed by atoms with E-state index in [4.69, 9.17) is 10.00 Å². The number of hydrogen-bond donors (Lipinski definition) is 1. The van der Waals surface area contributed by atoms with E-state index in [1.807, 2.05) is 44.3 Å². The van der Waals surface area contributed by atoms with E-state index in [1.54, 1.807) is 7.11 Å². The van der Waals surface area contributed by atoms with Crippen LogP contribution in [0.15, 0.2) is 29.3 Å². The Balaban J connectivity index is 2.96. The van der Waals surface area contributed by atoms with Crippen LogP contribution in [-0.4, -0.2) is 12.9 Å². The summed E-state index contributed by atoms with van der Waals surface area (Å²) in [4.78, 5) is 4.47. The molecule has 0 radical (unpaired) electrons. The number of rotatable bonds is 4. The van der Waals surface area contributed by atoms with E-state index in [9.17, 15) is 0 Å². The van der Waals surface area contributed by atoms with E-state index in [1.165, 1.54) is 0 Å². The molecule has 1 N–H and O–H groups in total. The van der Waals surface area contributed by atoms with Crippen molar-refractivity contribution in [3.8, 4) is 11.9 Å². The van der Waals surface area contributed by atoms with Gasteiger partial charge in [-0.3, -0.25) is 10.3 Å². The molecule has 17 heavy (non-hydrogen) atoms. The molecule has 0 aliphatic rings. The normalized spacial score (nSPS) is 12.7. The van der Waals surface area contributed by atoms with Gasteiger partial charge in [-0.25, -0.2) is 0 Å². The highest BCUT2D eigenvalue weighted by molar-refractivity contribution is 5.83. The average Bonchev–Trinajstić information content (AvgIpc) is 2.38. The Morgan fingerprint density at radius 1 is 1.53 bits per heavy atom. The largest absolute Gasteiger partial charge is 0.496 e. The molecule has 0 saturated heterocycles. The van der Waals surface area contributed by atoms with Crippen LogP contribution in [0.1, 0.15) is 31.9 Å². The molecule has 0 aliphatic heterocycles. The predicted octanol–water partition coefficient (Wildman–Crippen LogP) is 2.64. The van der Waals surface area contributed by atoms with Crippen molar-refractivity contribution in [1.29, 1.82) is 5.26 Å². The Morgan fingerprint density at radius 3 is 2.82 bits per heavy atom. The highest BCUT2D eigenvalue weighted by Crippen LogP contribution is 2.26. The lowest BCUT2D eigenvalue weighted by molar-refractivity contribution is 0.407. The van der Waals surface area contributed by atoms with Crippen molar-refractivity contribution >= 4 is 5.84 Å². The highest BCUT2D eigenvalue weighted by atomic mass is 16.5. The Kier molecular flexibility index (Phi) is 5.02. The molecule has 1 aromatic rings. The molecule has 0 amide bonds. The number of nitrogens with one attached hydrogen (secondary N) is 1. The van der Waals surface area contributed by atoms with Gasteiger partial charge in [0.05, 0.1) is 13.2 Å². The number of nitrogens with zero attached hydrogens (tertiary/aromatic N) is 2. The summed E-state index contributed by atoms with van der Waals surface area (Å²) in [5, 5.41) is 11.2. The second-order valence-corrected chi connectivity index (χ2v) is 3.58. The maximum atomic E-state index is 8.59. The second kappa shape index (κ2) is 6.54. The Bertz CT molecular complexity index is 435. The number of nitriles is 1. The molecule has 0 heterocycles. The van der Waals surface area contributed by atoms with E-state index in [-0.39, 0.29) is 6.04 Å². The monoisotopic (exact) mass is 231 g/mol. The van der Waals surface area contributed by atoms with Crippen LogP contribution < -0.4 is 10.1 Å². The Morgan fingerprint density at radius 2 is 2.24 bits per heavy atom. The lowest BCUT2D eigenvalue weighted by atomic mass is 10.1. The molecule has 0 aromatic heterocycles. The first-order valence-corrected chi connectivity index (χ1v) is 5.57. The fraction of sp³-hybridized carbons (Fsp3) is 0.385. The summed E-state index contributed by atoms with van der Waals surface area (Å²) >= 11 is 0. The Labute approximate surface area is 102 Å². The molecule has 4 nitrogen and oxygen atoms in total. The van der Waals surface area contributed by atoms with Gasteiger partial charge in [-0.2, -0.15) is 5.26 Å². The van der Waals surface area contributed by atoms with Gasteiger partial charge >= 0.3 is 0 Å². The molecule has 0 fully saturated rings. The molecule has 4 heteroatoms. The Hall–Kier alpha value is -2.02. The van der Waals surface area contributed by atoms with Gasteiger partial charge in [0.2, 0.25) is 0 Å². The third-order valence-electron chi connectivity index (χ3n) is 2.47. The van der Waals surface area contributed by atoms with E-state index >= 15 is 0 Å². The number of aliphatic imine (C=N–C) groups is 1. The van der Waals surface area contributed by atoms with Crippen molar-refractivity contribution in [2.75, 3.05) is 7.11 Å². The van der Waals surface area contributed by atoms with E-state index in [0.29, 0.717) is 12.3 Å². The van der Waals surface area contributed by atoms with Gasteiger partial charge < -0.3 is 4.74 Å². The molecule has 1 rings (SSSR count). The van der Waals surface area contributed by atoms with Crippen LogP contribution in [0.4, 0.5) is 0 Å². The maximum absolute atomic E-state index is 8.59. The summed E-state index contributed by atoms with van der Waals surface area (Å²) in [6, 6.07) is 7.72. The fourth-order valence-electron chi connectivity index (χ4n) is 1.59. The summed E-state index contributed by atoms with van der Waals surface area (Å²) in [7, 11) is 1.64. The second-order valence-electron chi connectivity index (χ2n) is 3.58. The summed E-state index contributed by atoms with van der Waals surface area (Å²) in [6.07, 6.45) is 2.59. The van der Waals surface area contributed by atoms with Gasteiger partial charge in [0.25, 0.3) is 0 Å². The lowest BCUT2D eigenvalue weighted by Crippen LogP contribution is -2.17. The number of hydrogen-bond acceptors (Lipinski definition) is 3. The molecule has 0 unspecified atom stereocenters. The van der Waals surface area contributed by atoms with Gasteiger partial charge in [-0.05, 0) is 13.0 Å². The number of amidine groups is 1. The van der Waals surface area contributed by atoms with Gasteiger partial charge in [0, 0.05) is 12.0 Å². The molecule has 1 atom stereocenters. The summed E-state index contributed by atoms with van der Waals surface area (Å²) in [6.45, 7) is 3.94. The summed E-state index contributed by atoms with van der Waals surface area (Å²) < 4.78 is 5.29. The first-order chi connectivity index (χ1) is 8.22. The SMILES string of the molecule is CCC(=N[C@@H](C)c1ccccc1OC)NC#N. The molecule has 0 saturated carbocycles. The van der Waals surface area contributed by atoms with Crippen molar-refractivity contribution in [1.82, 2.24) is 5.32 Å². The predicted molar refractivity (Wildman–Crippen MR) is 67.9 cm³/mol. The van der Waals surface area contributed by atoms with Gasteiger partial charge in [-0.1, -0.05) is 25.1 Å². The molecule has 0 spiro atoms. The first kappa shape index (κ1) is 13.0. The molecular weight excluding hydrogens is 214 g/mol. The van der Waals surface area contributed by atoms with Crippen LogP contribution in [0.3, 0.4) is 0 Å². The number of benzene rings is 1. The quantitative estimate of drug-likeness (QED) is 0.375. The number of para-hydroxylation sites is 1. The third kappa shape index (κ3) is 3.49. The van der Waals surface area contributed by atoms with Crippen molar-refractivity contribution in [3.63, 3.8) is 0 Å². The van der Waals surface area contributed by atoms with Crippen LogP contribution in [0, 0.1) is 11.5 Å². The standard InChI is InChI=1S/C13H17N3O/c1-4-13(15-9-14)16-10(2)11-7-5-6-8-12(11)17-3/h5-8,10H,4H2,1-3H3,(H,15,16)/t10-/m0/s1. The molecule has 90 valence electrons. The van der Waals surface area contributed by atoms with E-state index in [2.05, 4.69) is 10.3 Å². The maximum Gasteiger partial charge on any atom is 0.182 e. The van der Waals surface area contributed by atoms with Crippen molar-refractivity contribution in [2.24, 2.45) is 4.99 Å². The van der Waals surface area contributed by atoms with E-state index in [0.717, 1.165) is 11.3 Å². The third-order valence-corrected chi connectivity index (χ3v) is 2.47. The minimum atomic E-state index is -0.0399. The van der Waals surface area contributed by atoms with Crippen molar-refractivity contribution in [2.45, 2.75) is 26.3 Å². The zero-order valence-electron chi connectivity index (χ0n) is 10.4. The number of ether oxygens (including phenoxy) is 1. The molecule has 0 aliphatic carbocycles. The first-order valence-electron chi connectivity index (χ1n) is 5.57. The van der Waals surface area contributed by atoms with Crippen molar-refractivity contribution in [3.05, 3.63) is 29.8 Å². The van der Waals surface area contributed by atoms with Gasteiger partial charge in [0.1, 0.15) is 11.6 Å². The smallest absolute Gasteiger partial charge is 0.182 e. The average molecular weight is 231 g/mol. The number of methoxy groups -OCH3 is 1. The molecular formula is C13H17N3O. The van der Waals surface area contributed by atoms with Crippen LogP contribution in [-0.2, 0) is 0 Å². The minimum absolute atomic E-state index is 0.0399. The fourth-order valence-corrected chi connectivity index (χ4v) is 1.59. The van der Waals surface area contributed by atoms with Crippen LogP contribution >= 0.6 is 0 Å². The summed E-state index contributed by atoms with van der Waals surface area (Å²) in [5.41, 5.74) is 1.01. The molecule has 1 aromatic carbocycles. The van der Waals surface area contributed by atoms with Crippen LogP contribution in [0.25, 0.3) is 0 Å². The zero-order valence-corrected chi connectivity index (χ0v) is 10.4. The summed E-state index contributed by atoms with van der Waals surface area (Å²) in [5.74, 6) is 1.50.